The molecule has 0 spiro atoms. The van der Waals surface area contributed by atoms with E-state index in [1.54, 1.807) is 25.3 Å². The summed E-state index contributed by atoms with van der Waals surface area (Å²) < 4.78 is 23.7. The lowest BCUT2D eigenvalue weighted by atomic mass is 10.1. The molecule has 0 saturated carbocycles. The van der Waals surface area contributed by atoms with Crippen LogP contribution in [0, 0.1) is 5.82 Å². The zero-order chi connectivity index (χ0) is 15.8. The number of amides is 1. The largest absolute Gasteiger partial charge is 0.497 e. The predicted molar refractivity (Wildman–Crippen MR) is 81.6 cm³/mol. The van der Waals surface area contributed by atoms with Gasteiger partial charge in [-0.1, -0.05) is 24.3 Å². The van der Waals surface area contributed by atoms with Gasteiger partial charge in [-0.2, -0.15) is 0 Å². The highest BCUT2D eigenvalue weighted by Gasteiger charge is 2.05. The highest BCUT2D eigenvalue weighted by molar-refractivity contribution is 5.78. The van der Waals surface area contributed by atoms with E-state index >= 15 is 0 Å². The summed E-state index contributed by atoms with van der Waals surface area (Å²) >= 11 is 0. The number of halogens is 1. The summed E-state index contributed by atoms with van der Waals surface area (Å²) in [4.78, 5) is 11.8. The van der Waals surface area contributed by atoms with Crippen molar-refractivity contribution in [3.05, 3.63) is 59.9 Å². The van der Waals surface area contributed by atoms with Crippen LogP contribution in [-0.2, 0) is 11.2 Å². The molecule has 1 amide bonds. The van der Waals surface area contributed by atoms with Gasteiger partial charge in [0.05, 0.1) is 20.1 Å². The molecule has 4 nitrogen and oxygen atoms in total. The van der Waals surface area contributed by atoms with E-state index in [2.05, 4.69) is 5.32 Å². The molecule has 0 aliphatic rings. The second-order valence-corrected chi connectivity index (χ2v) is 4.66. The minimum absolute atomic E-state index is 0.120. The normalized spacial score (nSPS) is 10.1. The van der Waals surface area contributed by atoms with E-state index in [1.165, 1.54) is 6.07 Å². The van der Waals surface area contributed by atoms with Crippen LogP contribution in [0.5, 0.6) is 11.5 Å². The van der Waals surface area contributed by atoms with Gasteiger partial charge in [0.1, 0.15) is 12.4 Å². The molecule has 0 aliphatic heterocycles. The number of rotatable bonds is 7. The second kappa shape index (κ2) is 8.02. The van der Waals surface area contributed by atoms with E-state index in [0.29, 0.717) is 12.3 Å². The Bertz CT molecular complexity index is 631. The van der Waals surface area contributed by atoms with E-state index in [9.17, 15) is 9.18 Å². The van der Waals surface area contributed by atoms with Crippen molar-refractivity contribution >= 4 is 5.91 Å². The molecule has 2 aromatic carbocycles. The number of carbonyl (C=O) groups is 1. The molecule has 0 fully saturated rings. The van der Waals surface area contributed by atoms with Gasteiger partial charge in [-0.15, -0.1) is 0 Å². The fourth-order valence-electron chi connectivity index (χ4n) is 1.94. The van der Waals surface area contributed by atoms with Gasteiger partial charge in [-0.3, -0.25) is 4.79 Å². The zero-order valence-corrected chi connectivity index (χ0v) is 12.3. The van der Waals surface area contributed by atoms with Gasteiger partial charge < -0.3 is 14.8 Å². The Morgan fingerprint density at radius 3 is 2.77 bits per heavy atom. The Morgan fingerprint density at radius 1 is 1.18 bits per heavy atom. The first-order chi connectivity index (χ1) is 10.7. The van der Waals surface area contributed by atoms with Crippen molar-refractivity contribution < 1.29 is 18.7 Å². The van der Waals surface area contributed by atoms with Crippen molar-refractivity contribution in [2.24, 2.45) is 0 Å². The van der Waals surface area contributed by atoms with Gasteiger partial charge in [-0.25, -0.2) is 4.39 Å². The molecule has 5 heteroatoms. The van der Waals surface area contributed by atoms with Crippen molar-refractivity contribution in [3.8, 4) is 11.5 Å². The van der Waals surface area contributed by atoms with Crippen molar-refractivity contribution in [2.75, 3.05) is 20.3 Å². The lowest BCUT2D eigenvalue weighted by Gasteiger charge is -2.09. The maximum atomic E-state index is 13.3. The Hall–Kier alpha value is -2.56. The molecular formula is C17H18FNO3. The van der Waals surface area contributed by atoms with Crippen molar-refractivity contribution in [1.29, 1.82) is 0 Å². The van der Waals surface area contributed by atoms with Crippen LogP contribution in [0.2, 0.25) is 0 Å². The first-order valence-electron chi connectivity index (χ1n) is 6.96. The molecule has 116 valence electrons. The van der Waals surface area contributed by atoms with Crippen LogP contribution in [0.25, 0.3) is 0 Å². The van der Waals surface area contributed by atoms with Gasteiger partial charge in [0, 0.05) is 0 Å². The molecule has 2 aromatic rings. The van der Waals surface area contributed by atoms with Crippen LogP contribution in [0.1, 0.15) is 5.56 Å². The molecule has 0 saturated heterocycles. The first kappa shape index (κ1) is 15.8. The number of benzene rings is 2. The van der Waals surface area contributed by atoms with Crippen molar-refractivity contribution in [3.63, 3.8) is 0 Å². The van der Waals surface area contributed by atoms with Crippen LogP contribution >= 0.6 is 0 Å². The zero-order valence-electron chi connectivity index (χ0n) is 12.3. The van der Waals surface area contributed by atoms with Crippen LogP contribution in [0.15, 0.2) is 48.5 Å². The monoisotopic (exact) mass is 303 g/mol. The van der Waals surface area contributed by atoms with Gasteiger partial charge in [0.2, 0.25) is 5.91 Å². The quantitative estimate of drug-likeness (QED) is 0.800. The third-order valence-corrected chi connectivity index (χ3v) is 3.02. The minimum Gasteiger partial charge on any atom is -0.497 e. The van der Waals surface area contributed by atoms with Gasteiger partial charge >= 0.3 is 0 Å². The Kier molecular flexibility index (Phi) is 5.77. The number of para-hydroxylation sites is 1. The summed E-state index contributed by atoms with van der Waals surface area (Å²) in [6, 6.07) is 13.5. The number of carbonyl (C=O) groups excluding carboxylic acids is 1. The van der Waals surface area contributed by atoms with E-state index in [-0.39, 0.29) is 24.7 Å². The van der Waals surface area contributed by atoms with E-state index in [0.717, 1.165) is 5.56 Å². The summed E-state index contributed by atoms with van der Waals surface area (Å²) in [5.41, 5.74) is 0.867. The molecule has 2 rings (SSSR count). The molecule has 0 bridgehead atoms. The average Bonchev–Trinajstić information content (AvgIpc) is 2.53. The number of ether oxygens (including phenoxy) is 2. The summed E-state index contributed by atoms with van der Waals surface area (Å²) in [6.45, 7) is 0.530. The molecule has 0 aromatic heterocycles. The lowest BCUT2D eigenvalue weighted by molar-refractivity contribution is -0.120. The average molecular weight is 303 g/mol. The Morgan fingerprint density at radius 2 is 2.00 bits per heavy atom. The number of methoxy groups -OCH3 is 1. The maximum absolute atomic E-state index is 13.3. The minimum atomic E-state index is -0.412. The Labute approximate surface area is 128 Å². The van der Waals surface area contributed by atoms with Gasteiger partial charge in [-0.05, 0) is 29.8 Å². The van der Waals surface area contributed by atoms with Crippen molar-refractivity contribution in [1.82, 2.24) is 5.32 Å². The van der Waals surface area contributed by atoms with E-state index in [4.69, 9.17) is 9.47 Å². The molecule has 0 aliphatic carbocycles. The summed E-state index contributed by atoms with van der Waals surface area (Å²) in [5, 5.41) is 2.73. The highest BCUT2D eigenvalue weighted by atomic mass is 19.1. The molecule has 1 N–H and O–H groups in total. The number of hydrogen-bond donors (Lipinski definition) is 1. The third kappa shape index (κ3) is 4.77. The number of hydrogen-bond acceptors (Lipinski definition) is 3. The fourth-order valence-corrected chi connectivity index (χ4v) is 1.94. The molecular weight excluding hydrogens is 285 g/mol. The van der Waals surface area contributed by atoms with Crippen LogP contribution in [-0.4, -0.2) is 26.2 Å². The van der Waals surface area contributed by atoms with Crippen LogP contribution in [0.3, 0.4) is 0 Å². The molecule has 0 atom stereocenters. The van der Waals surface area contributed by atoms with E-state index in [1.807, 2.05) is 24.3 Å². The number of nitrogens with one attached hydrogen (secondary N) is 1. The first-order valence-corrected chi connectivity index (χ1v) is 6.96. The summed E-state index contributed by atoms with van der Waals surface area (Å²) in [5.74, 6) is 0.369. The SMILES string of the molecule is COc1cccc(CC(=O)NCCOc2ccccc2F)c1. The standard InChI is InChI=1S/C17H18FNO3/c1-21-14-6-4-5-13(11-14)12-17(20)19-9-10-22-16-8-3-2-7-15(16)18/h2-8,11H,9-10,12H2,1H3,(H,19,20). The van der Waals surface area contributed by atoms with Gasteiger partial charge in [0.15, 0.2) is 11.6 Å². The maximum Gasteiger partial charge on any atom is 0.224 e. The molecule has 22 heavy (non-hydrogen) atoms. The predicted octanol–water partition coefficient (Wildman–Crippen LogP) is 2.57. The van der Waals surface area contributed by atoms with E-state index < -0.39 is 5.82 Å². The molecule has 0 radical (unpaired) electrons. The Balaban J connectivity index is 1.73. The topological polar surface area (TPSA) is 47.6 Å². The summed E-state index contributed by atoms with van der Waals surface area (Å²) in [6.07, 6.45) is 0.261. The summed E-state index contributed by atoms with van der Waals surface area (Å²) in [7, 11) is 1.58. The smallest absolute Gasteiger partial charge is 0.224 e. The molecule has 0 unspecified atom stereocenters. The molecule has 0 heterocycles. The van der Waals surface area contributed by atoms with Gasteiger partial charge in [0.25, 0.3) is 0 Å². The second-order valence-electron chi connectivity index (χ2n) is 4.66. The highest BCUT2D eigenvalue weighted by Crippen LogP contribution is 2.15. The fraction of sp³-hybridized carbons (Fsp3) is 0.235. The van der Waals surface area contributed by atoms with Crippen LogP contribution < -0.4 is 14.8 Å². The third-order valence-electron chi connectivity index (χ3n) is 3.02. The van der Waals surface area contributed by atoms with Crippen LogP contribution in [0.4, 0.5) is 4.39 Å². The van der Waals surface area contributed by atoms with Crippen molar-refractivity contribution in [2.45, 2.75) is 6.42 Å². The lowest BCUT2D eigenvalue weighted by Crippen LogP contribution is -2.29.